The van der Waals surface area contributed by atoms with Gasteiger partial charge in [-0.25, -0.2) is 0 Å². The largest absolute Gasteiger partial charge is 0.330 e. The van der Waals surface area contributed by atoms with Gasteiger partial charge in [-0.3, -0.25) is 9.58 Å². The number of nitrogens with two attached hydrogens (primary N) is 1. The van der Waals surface area contributed by atoms with Crippen LogP contribution in [0.3, 0.4) is 0 Å². The summed E-state index contributed by atoms with van der Waals surface area (Å²) in [6.45, 7) is 8.62. The molecule has 0 spiro atoms. The Hall–Kier alpha value is -0.870. The molecule has 0 bridgehead atoms. The van der Waals surface area contributed by atoms with E-state index in [2.05, 4.69) is 35.7 Å². The van der Waals surface area contributed by atoms with Gasteiger partial charge in [0.1, 0.15) is 0 Å². The van der Waals surface area contributed by atoms with Gasteiger partial charge in [-0.2, -0.15) is 5.10 Å². The first-order chi connectivity index (χ1) is 9.22. The number of piperidine rings is 1. The Labute approximate surface area is 117 Å². The summed E-state index contributed by atoms with van der Waals surface area (Å²) in [5, 5.41) is 4.70. The monoisotopic (exact) mass is 264 g/mol. The first-order valence-corrected chi connectivity index (χ1v) is 7.69. The Morgan fingerprint density at radius 3 is 3.11 bits per heavy atom. The molecule has 1 aromatic heterocycles. The van der Waals surface area contributed by atoms with E-state index in [4.69, 9.17) is 10.8 Å². The van der Waals surface area contributed by atoms with Crippen molar-refractivity contribution in [1.82, 2.24) is 14.7 Å². The first-order valence-electron chi connectivity index (χ1n) is 7.69. The molecule has 0 aliphatic carbocycles. The van der Waals surface area contributed by atoms with Gasteiger partial charge in [0.15, 0.2) is 0 Å². The number of nitrogens with zero attached hydrogens (tertiary/aromatic N) is 3. The summed E-state index contributed by atoms with van der Waals surface area (Å²) in [4.78, 5) is 2.53. The fourth-order valence-corrected chi connectivity index (χ4v) is 2.89. The zero-order valence-corrected chi connectivity index (χ0v) is 12.4. The molecular formula is C15H28N4. The molecule has 4 heteroatoms. The van der Waals surface area contributed by atoms with Gasteiger partial charge < -0.3 is 5.73 Å². The summed E-state index contributed by atoms with van der Waals surface area (Å²) in [7, 11) is 0. The van der Waals surface area contributed by atoms with Crippen molar-refractivity contribution in [2.45, 2.75) is 52.1 Å². The highest BCUT2D eigenvalue weighted by Gasteiger charge is 2.20. The van der Waals surface area contributed by atoms with Gasteiger partial charge in [0, 0.05) is 25.3 Å². The molecule has 1 saturated heterocycles. The predicted molar refractivity (Wildman–Crippen MR) is 78.9 cm³/mol. The third kappa shape index (κ3) is 4.05. The minimum absolute atomic E-state index is 0.500. The van der Waals surface area contributed by atoms with E-state index >= 15 is 0 Å². The van der Waals surface area contributed by atoms with E-state index < -0.39 is 0 Å². The molecule has 2 N–H and O–H groups in total. The van der Waals surface area contributed by atoms with Crippen molar-refractivity contribution in [1.29, 1.82) is 0 Å². The number of likely N-dealkylation sites (tertiary alicyclic amines) is 1. The highest BCUT2D eigenvalue weighted by molar-refractivity contribution is 5.00. The van der Waals surface area contributed by atoms with Crippen molar-refractivity contribution in [3.63, 3.8) is 0 Å². The third-order valence-electron chi connectivity index (χ3n) is 4.27. The second-order valence-electron chi connectivity index (χ2n) is 5.87. The highest BCUT2D eigenvalue weighted by atomic mass is 15.3. The van der Waals surface area contributed by atoms with E-state index in [-0.39, 0.29) is 0 Å². The summed E-state index contributed by atoms with van der Waals surface area (Å²) >= 11 is 0. The van der Waals surface area contributed by atoms with Crippen LogP contribution in [0.2, 0.25) is 0 Å². The molecule has 1 aromatic rings. The molecule has 1 aliphatic rings. The van der Waals surface area contributed by atoms with Crippen LogP contribution < -0.4 is 5.73 Å². The molecule has 108 valence electrons. The van der Waals surface area contributed by atoms with Crippen LogP contribution in [0.5, 0.6) is 0 Å². The lowest BCUT2D eigenvalue weighted by atomic mass is 9.95. The van der Waals surface area contributed by atoms with Crippen molar-refractivity contribution in [2.75, 3.05) is 19.6 Å². The average Bonchev–Trinajstić information content (AvgIpc) is 2.87. The molecule has 2 unspecified atom stereocenters. The number of rotatable bonds is 6. The Kier molecular flexibility index (Phi) is 5.40. The molecule has 0 aromatic carbocycles. The maximum absolute atomic E-state index is 5.68. The summed E-state index contributed by atoms with van der Waals surface area (Å²) < 4.78 is 2.09. The molecular weight excluding hydrogens is 236 g/mol. The van der Waals surface area contributed by atoms with Gasteiger partial charge >= 0.3 is 0 Å². The van der Waals surface area contributed by atoms with Crippen LogP contribution in [-0.4, -0.2) is 34.3 Å². The van der Waals surface area contributed by atoms with E-state index in [1.54, 1.807) is 0 Å². The minimum atomic E-state index is 0.500. The topological polar surface area (TPSA) is 47.1 Å². The lowest BCUT2D eigenvalue weighted by Crippen LogP contribution is -2.35. The average molecular weight is 264 g/mol. The van der Waals surface area contributed by atoms with E-state index in [0.29, 0.717) is 6.04 Å². The quantitative estimate of drug-likeness (QED) is 0.858. The van der Waals surface area contributed by atoms with Crippen molar-refractivity contribution >= 4 is 0 Å². The second-order valence-corrected chi connectivity index (χ2v) is 5.87. The fourth-order valence-electron chi connectivity index (χ4n) is 2.89. The lowest BCUT2D eigenvalue weighted by molar-refractivity contribution is 0.161. The van der Waals surface area contributed by atoms with E-state index in [0.717, 1.165) is 31.8 Å². The standard InChI is InChI=1S/C15H28N4/c1-3-13(2)19-10-7-15(17-19)12-18-9-4-5-14(11-18)6-8-16/h7,10,13-14H,3-6,8-9,11-12,16H2,1-2H3. The molecule has 2 atom stereocenters. The van der Waals surface area contributed by atoms with Crippen molar-refractivity contribution in [3.05, 3.63) is 18.0 Å². The molecule has 1 fully saturated rings. The van der Waals surface area contributed by atoms with E-state index in [1.165, 1.54) is 31.6 Å². The summed E-state index contributed by atoms with van der Waals surface area (Å²) in [5.41, 5.74) is 6.88. The van der Waals surface area contributed by atoms with Crippen LogP contribution in [-0.2, 0) is 6.54 Å². The van der Waals surface area contributed by atoms with Crippen molar-refractivity contribution < 1.29 is 0 Å². The third-order valence-corrected chi connectivity index (χ3v) is 4.27. The molecule has 0 radical (unpaired) electrons. The summed E-state index contributed by atoms with van der Waals surface area (Å²) in [6, 6.07) is 2.67. The van der Waals surface area contributed by atoms with Crippen LogP contribution in [0.4, 0.5) is 0 Å². The van der Waals surface area contributed by atoms with E-state index in [9.17, 15) is 0 Å². The van der Waals surface area contributed by atoms with Gasteiger partial charge in [0.05, 0.1) is 5.69 Å². The molecule has 0 amide bonds. The van der Waals surface area contributed by atoms with Crippen LogP contribution >= 0.6 is 0 Å². The highest BCUT2D eigenvalue weighted by Crippen LogP contribution is 2.20. The zero-order valence-electron chi connectivity index (χ0n) is 12.4. The SMILES string of the molecule is CCC(C)n1ccc(CN2CCCC(CCN)C2)n1. The van der Waals surface area contributed by atoms with Gasteiger partial charge in [0.25, 0.3) is 0 Å². The number of aromatic nitrogens is 2. The van der Waals surface area contributed by atoms with Crippen LogP contribution in [0.15, 0.2) is 12.3 Å². The Morgan fingerprint density at radius 1 is 1.53 bits per heavy atom. The van der Waals surface area contributed by atoms with Gasteiger partial charge in [-0.1, -0.05) is 6.92 Å². The first kappa shape index (κ1) is 14.5. The van der Waals surface area contributed by atoms with Crippen LogP contribution in [0.25, 0.3) is 0 Å². The van der Waals surface area contributed by atoms with Gasteiger partial charge in [-0.05, 0) is 57.7 Å². The molecule has 2 rings (SSSR count). The Balaban J connectivity index is 1.88. The second kappa shape index (κ2) is 7.06. The van der Waals surface area contributed by atoms with Crippen LogP contribution in [0.1, 0.15) is 51.3 Å². The van der Waals surface area contributed by atoms with Crippen molar-refractivity contribution in [3.8, 4) is 0 Å². The lowest BCUT2D eigenvalue weighted by Gasteiger charge is -2.32. The molecule has 1 aliphatic heterocycles. The minimum Gasteiger partial charge on any atom is -0.330 e. The van der Waals surface area contributed by atoms with Crippen LogP contribution in [0, 0.1) is 5.92 Å². The Morgan fingerprint density at radius 2 is 2.37 bits per heavy atom. The predicted octanol–water partition coefficient (Wildman–Crippen LogP) is 2.41. The molecule has 19 heavy (non-hydrogen) atoms. The summed E-state index contributed by atoms with van der Waals surface area (Å²) in [6.07, 6.45) is 7.05. The molecule has 4 nitrogen and oxygen atoms in total. The normalized spacial score (nSPS) is 22.6. The fraction of sp³-hybridized carbons (Fsp3) is 0.800. The zero-order chi connectivity index (χ0) is 13.7. The summed E-state index contributed by atoms with van der Waals surface area (Å²) in [5.74, 6) is 0.787. The Bertz CT molecular complexity index is 372. The van der Waals surface area contributed by atoms with Gasteiger partial charge in [-0.15, -0.1) is 0 Å². The maximum Gasteiger partial charge on any atom is 0.0764 e. The van der Waals surface area contributed by atoms with Gasteiger partial charge in [0.2, 0.25) is 0 Å². The maximum atomic E-state index is 5.68. The number of hydrogen-bond donors (Lipinski definition) is 1. The van der Waals surface area contributed by atoms with E-state index in [1.807, 2.05) is 0 Å². The molecule has 0 saturated carbocycles. The molecule has 2 heterocycles. The van der Waals surface area contributed by atoms with Crippen molar-refractivity contribution in [2.24, 2.45) is 11.7 Å². The smallest absolute Gasteiger partial charge is 0.0764 e. The number of hydrogen-bond acceptors (Lipinski definition) is 3.